The number of rotatable bonds is 4. The van der Waals surface area contributed by atoms with Crippen LogP contribution in [0.15, 0.2) is 30.6 Å². The summed E-state index contributed by atoms with van der Waals surface area (Å²) < 4.78 is 1.73. The van der Waals surface area contributed by atoms with E-state index in [1.54, 1.807) is 29.1 Å². The van der Waals surface area contributed by atoms with Crippen molar-refractivity contribution in [3.05, 3.63) is 41.7 Å². The van der Waals surface area contributed by atoms with Crippen molar-refractivity contribution >= 4 is 17.3 Å². The number of hydrogen-bond acceptors (Lipinski definition) is 4. The summed E-state index contributed by atoms with van der Waals surface area (Å²) in [6.45, 7) is 0.623. The average Bonchev–Trinajstić information content (AvgIpc) is 2.74. The van der Waals surface area contributed by atoms with Crippen molar-refractivity contribution in [3.8, 4) is 0 Å². The maximum atomic E-state index is 11.4. The maximum absolute atomic E-state index is 11.4. The quantitative estimate of drug-likeness (QED) is 0.792. The fourth-order valence-corrected chi connectivity index (χ4v) is 1.99. The smallest absolute Gasteiger partial charge is 0.250 e. The fraction of sp³-hybridized carbons (Fsp3) is 0.231. The number of aromatic nitrogens is 2. The molecule has 1 aromatic heterocycles. The van der Waals surface area contributed by atoms with Gasteiger partial charge in [-0.05, 0) is 18.2 Å². The SMILES string of the molecule is CN(Cc1cnn(C)c1)c1cc(N)ccc1C(N)=O. The van der Waals surface area contributed by atoms with Gasteiger partial charge in [-0.15, -0.1) is 0 Å². The minimum Gasteiger partial charge on any atom is -0.399 e. The van der Waals surface area contributed by atoms with Crippen molar-refractivity contribution in [2.75, 3.05) is 17.7 Å². The number of amides is 1. The second kappa shape index (κ2) is 5.01. The van der Waals surface area contributed by atoms with Crippen LogP contribution >= 0.6 is 0 Å². The van der Waals surface area contributed by atoms with Gasteiger partial charge in [-0.25, -0.2) is 0 Å². The molecule has 6 nitrogen and oxygen atoms in total. The van der Waals surface area contributed by atoms with Gasteiger partial charge in [0.25, 0.3) is 5.91 Å². The van der Waals surface area contributed by atoms with Crippen molar-refractivity contribution in [1.82, 2.24) is 9.78 Å². The molecule has 0 spiro atoms. The topological polar surface area (TPSA) is 90.2 Å². The third-order valence-corrected chi connectivity index (χ3v) is 2.88. The van der Waals surface area contributed by atoms with Crippen molar-refractivity contribution < 1.29 is 4.79 Å². The van der Waals surface area contributed by atoms with Crippen molar-refractivity contribution in [2.24, 2.45) is 12.8 Å². The van der Waals surface area contributed by atoms with Crippen LogP contribution in [0.3, 0.4) is 0 Å². The molecule has 0 aliphatic heterocycles. The van der Waals surface area contributed by atoms with E-state index in [1.165, 1.54) is 0 Å². The molecule has 0 radical (unpaired) electrons. The third-order valence-electron chi connectivity index (χ3n) is 2.88. The molecule has 0 atom stereocenters. The van der Waals surface area contributed by atoms with Crippen LogP contribution in [0.5, 0.6) is 0 Å². The van der Waals surface area contributed by atoms with E-state index in [2.05, 4.69) is 5.10 Å². The average molecular weight is 259 g/mol. The summed E-state index contributed by atoms with van der Waals surface area (Å²) in [7, 11) is 3.74. The highest BCUT2D eigenvalue weighted by molar-refractivity contribution is 5.99. The Balaban J connectivity index is 2.29. The van der Waals surface area contributed by atoms with Gasteiger partial charge in [0, 0.05) is 38.1 Å². The summed E-state index contributed by atoms with van der Waals surface area (Å²) in [6.07, 6.45) is 3.71. The lowest BCUT2D eigenvalue weighted by molar-refractivity contribution is 0.100. The largest absolute Gasteiger partial charge is 0.399 e. The highest BCUT2D eigenvalue weighted by atomic mass is 16.1. The fourth-order valence-electron chi connectivity index (χ4n) is 1.99. The van der Waals surface area contributed by atoms with E-state index >= 15 is 0 Å². The first-order chi connectivity index (χ1) is 8.97. The van der Waals surface area contributed by atoms with Gasteiger partial charge in [0.15, 0.2) is 0 Å². The van der Waals surface area contributed by atoms with Crippen LogP contribution in [-0.2, 0) is 13.6 Å². The number of carbonyl (C=O) groups excluding carboxylic acids is 1. The zero-order chi connectivity index (χ0) is 14.0. The van der Waals surface area contributed by atoms with Gasteiger partial charge in [0.05, 0.1) is 17.4 Å². The van der Waals surface area contributed by atoms with Crippen molar-refractivity contribution in [1.29, 1.82) is 0 Å². The second-order valence-electron chi connectivity index (χ2n) is 4.52. The van der Waals surface area contributed by atoms with Gasteiger partial charge in [0.2, 0.25) is 0 Å². The number of benzene rings is 1. The number of primary amides is 1. The standard InChI is InChI=1S/C13H17N5O/c1-17(7-9-6-16-18(2)8-9)12-5-10(14)3-4-11(12)13(15)19/h3-6,8H,7,14H2,1-2H3,(H2,15,19). The number of nitrogens with zero attached hydrogens (tertiary/aromatic N) is 3. The Labute approximate surface area is 111 Å². The number of nitrogens with two attached hydrogens (primary N) is 2. The summed E-state index contributed by atoms with van der Waals surface area (Å²) in [5.41, 5.74) is 14.0. The molecule has 19 heavy (non-hydrogen) atoms. The van der Waals surface area contributed by atoms with Crippen molar-refractivity contribution in [2.45, 2.75) is 6.54 Å². The number of aryl methyl sites for hydroxylation is 1. The molecule has 0 fully saturated rings. The van der Waals surface area contributed by atoms with Gasteiger partial charge >= 0.3 is 0 Å². The molecule has 0 aliphatic rings. The molecule has 2 rings (SSSR count). The molecule has 0 saturated heterocycles. The summed E-state index contributed by atoms with van der Waals surface area (Å²) >= 11 is 0. The van der Waals surface area contributed by atoms with Crippen LogP contribution in [0.25, 0.3) is 0 Å². The monoisotopic (exact) mass is 259 g/mol. The Morgan fingerprint density at radius 3 is 2.79 bits per heavy atom. The Hall–Kier alpha value is -2.50. The number of nitrogen functional groups attached to an aromatic ring is 1. The van der Waals surface area contributed by atoms with E-state index in [0.29, 0.717) is 17.8 Å². The van der Waals surface area contributed by atoms with E-state index < -0.39 is 5.91 Å². The van der Waals surface area contributed by atoms with Crippen LogP contribution in [0, 0.1) is 0 Å². The van der Waals surface area contributed by atoms with Gasteiger partial charge in [-0.2, -0.15) is 5.10 Å². The summed E-state index contributed by atoms with van der Waals surface area (Å²) in [5, 5.41) is 4.11. The molecule has 2 aromatic rings. The molecule has 1 amide bonds. The highest BCUT2D eigenvalue weighted by Gasteiger charge is 2.13. The Bertz CT molecular complexity index is 605. The zero-order valence-electron chi connectivity index (χ0n) is 11.0. The van der Waals surface area contributed by atoms with Crippen LogP contribution in [-0.4, -0.2) is 22.7 Å². The van der Waals surface area contributed by atoms with Gasteiger partial charge < -0.3 is 16.4 Å². The first-order valence-electron chi connectivity index (χ1n) is 5.85. The van der Waals surface area contributed by atoms with Crippen molar-refractivity contribution in [3.63, 3.8) is 0 Å². The van der Waals surface area contributed by atoms with E-state index in [1.807, 2.05) is 25.2 Å². The second-order valence-corrected chi connectivity index (χ2v) is 4.52. The lowest BCUT2D eigenvalue weighted by Crippen LogP contribution is -2.22. The zero-order valence-corrected chi connectivity index (χ0v) is 11.0. The molecule has 100 valence electrons. The van der Waals surface area contributed by atoms with Gasteiger partial charge in [0.1, 0.15) is 0 Å². The molecular formula is C13H17N5O. The molecule has 0 unspecified atom stereocenters. The van der Waals surface area contributed by atoms with E-state index in [0.717, 1.165) is 11.3 Å². The Morgan fingerprint density at radius 1 is 1.47 bits per heavy atom. The van der Waals surface area contributed by atoms with Crippen LogP contribution < -0.4 is 16.4 Å². The van der Waals surface area contributed by atoms with E-state index in [4.69, 9.17) is 11.5 Å². The third kappa shape index (κ3) is 2.85. The van der Waals surface area contributed by atoms with Crippen LogP contribution in [0.1, 0.15) is 15.9 Å². The maximum Gasteiger partial charge on any atom is 0.250 e. The summed E-state index contributed by atoms with van der Waals surface area (Å²) in [4.78, 5) is 13.4. The van der Waals surface area contributed by atoms with E-state index in [-0.39, 0.29) is 0 Å². The summed E-state index contributed by atoms with van der Waals surface area (Å²) in [5.74, 6) is -0.465. The highest BCUT2D eigenvalue weighted by Crippen LogP contribution is 2.23. The molecule has 4 N–H and O–H groups in total. The minimum atomic E-state index is -0.465. The number of carbonyl (C=O) groups is 1. The first kappa shape index (κ1) is 12.9. The first-order valence-corrected chi connectivity index (χ1v) is 5.85. The molecule has 0 bridgehead atoms. The lowest BCUT2D eigenvalue weighted by Gasteiger charge is -2.21. The van der Waals surface area contributed by atoms with Crippen LogP contribution in [0.4, 0.5) is 11.4 Å². The molecule has 0 aliphatic carbocycles. The van der Waals surface area contributed by atoms with Gasteiger partial charge in [-0.1, -0.05) is 0 Å². The number of hydrogen-bond donors (Lipinski definition) is 2. The van der Waals surface area contributed by atoms with E-state index in [9.17, 15) is 4.79 Å². The number of anilines is 2. The Kier molecular flexibility index (Phi) is 3.41. The Morgan fingerprint density at radius 2 is 2.21 bits per heavy atom. The minimum absolute atomic E-state index is 0.459. The normalized spacial score (nSPS) is 10.4. The predicted octanol–water partition coefficient (Wildman–Crippen LogP) is 0.738. The summed E-state index contributed by atoms with van der Waals surface area (Å²) in [6, 6.07) is 5.06. The predicted molar refractivity (Wildman–Crippen MR) is 74.7 cm³/mol. The molecule has 0 saturated carbocycles. The molecule has 6 heteroatoms. The molecular weight excluding hydrogens is 242 g/mol. The van der Waals surface area contributed by atoms with Crippen LogP contribution in [0.2, 0.25) is 0 Å². The molecule has 1 aromatic carbocycles. The lowest BCUT2D eigenvalue weighted by atomic mass is 10.1. The molecule has 1 heterocycles. The van der Waals surface area contributed by atoms with Gasteiger partial charge in [-0.3, -0.25) is 9.48 Å².